The van der Waals surface area contributed by atoms with Crippen molar-refractivity contribution in [1.29, 1.82) is 0 Å². The van der Waals surface area contributed by atoms with Crippen LogP contribution in [0, 0.1) is 5.82 Å². The number of anilines is 1. The van der Waals surface area contributed by atoms with Crippen molar-refractivity contribution in [3.8, 4) is 0 Å². The van der Waals surface area contributed by atoms with E-state index in [0.29, 0.717) is 12.1 Å². The van der Waals surface area contributed by atoms with Crippen LogP contribution in [0.5, 0.6) is 0 Å². The Morgan fingerprint density at radius 2 is 1.88 bits per heavy atom. The Morgan fingerprint density at radius 3 is 2.41 bits per heavy atom. The maximum absolute atomic E-state index is 12.8. The average molecular weight is 255 g/mol. The summed E-state index contributed by atoms with van der Waals surface area (Å²) in [6.45, 7) is 0.184. The normalized spacial score (nSPS) is 29.9. The highest BCUT2D eigenvalue weighted by Crippen LogP contribution is 2.38. The third kappa shape index (κ3) is 1.40. The molecule has 0 spiro atoms. The molecule has 0 radical (unpaired) electrons. The third-order valence-corrected chi connectivity index (χ3v) is 5.86. The molecule has 90 valence electrons. The Labute approximate surface area is 98.0 Å². The van der Waals surface area contributed by atoms with Crippen LogP contribution in [0.3, 0.4) is 0 Å². The number of piperidine rings is 1. The lowest BCUT2D eigenvalue weighted by atomic mass is 10.1. The lowest BCUT2D eigenvalue weighted by Crippen LogP contribution is -2.65. The first-order chi connectivity index (χ1) is 8.00. The Bertz CT molecular complexity index is 581. The number of carbonyl (C=O) groups excluding carboxylic acids is 1. The number of amides is 1. The molecule has 6 heteroatoms. The van der Waals surface area contributed by atoms with Crippen LogP contribution < -0.4 is 4.90 Å². The summed E-state index contributed by atoms with van der Waals surface area (Å²) < 4.78 is 35.9. The van der Waals surface area contributed by atoms with Gasteiger partial charge in [-0.05, 0) is 30.7 Å². The maximum Gasteiger partial charge on any atom is 0.245 e. The maximum atomic E-state index is 12.8. The second-order valence-electron chi connectivity index (χ2n) is 4.36. The van der Waals surface area contributed by atoms with Crippen LogP contribution in [0.1, 0.15) is 6.42 Å². The fraction of sp³-hybridized carbons (Fsp3) is 0.364. The molecule has 4 nitrogen and oxygen atoms in total. The monoisotopic (exact) mass is 255 g/mol. The van der Waals surface area contributed by atoms with Crippen molar-refractivity contribution in [1.82, 2.24) is 0 Å². The number of hydrogen-bond donors (Lipinski definition) is 0. The summed E-state index contributed by atoms with van der Waals surface area (Å²) in [5, 5.41) is -1.33. The number of rotatable bonds is 1. The van der Waals surface area contributed by atoms with Gasteiger partial charge in [-0.3, -0.25) is 4.79 Å². The zero-order chi connectivity index (χ0) is 12.2. The van der Waals surface area contributed by atoms with Crippen LogP contribution in [0.4, 0.5) is 10.1 Å². The van der Waals surface area contributed by atoms with E-state index in [-0.39, 0.29) is 18.3 Å². The molecule has 3 aliphatic heterocycles. The molecule has 2 unspecified atom stereocenters. The fourth-order valence-corrected chi connectivity index (χ4v) is 4.19. The quantitative estimate of drug-likeness (QED) is 0.743. The van der Waals surface area contributed by atoms with Gasteiger partial charge in [0.1, 0.15) is 11.1 Å². The standard InChI is InChI=1S/C11H10FNO3S/c12-7-1-3-8(4-2-7)13-6-9-5-10(11(13)14)17(9,15)16/h1-4,9-10H,5-6H2. The Hall–Kier alpha value is -1.43. The van der Waals surface area contributed by atoms with Crippen molar-refractivity contribution in [2.45, 2.75) is 16.9 Å². The Kier molecular flexibility index (Phi) is 2.07. The molecule has 1 amide bonds. The first-order valence-electron chi connectivity index (χ1n) is 5.30. The number of halogens is 1. The van der Waals surface area contributed by atoms with E-state index in [4.69, 9.17) is 0 Å². The molecule has 4 rings (SSSR count). The zero-order valence-electron chi connectivity index (χ0n) is 8.84. The van der Waals surface area contributed by atoms with Crippen molar-refractivity contribution >= 4 is 21.4 Å². The van der Waals surface area contributed by atoms with E-state index in [0.717, 1.165) is 0 Å². The molecular weight excluding hydrogens is 245 g/mol. The summed E-state index contributed by atoms with van der Waals surface area (Å²) in [5.74, 6) is -0.768. The minimum Gasteiger partial charge on any atom is -0.310 e. The lowest BCUT2D eigenvalue weighted by Gasteiger charge is -2.45. The van der Waals surface area contributed by atoms with E-state index in [1.807, 2.05) is 0 Å². The highest BCUT2D eigenvalue weighted by molar-refractivity contribution is 7.95. The topological polar surface area (TPSA) is 54.5 Å². The second-order valence-corrected chi connectivity index (χ2v) is 6.77. The predicted octanol–water partition coefficient (Wildman–Crippen LogP) is 0.728. The highest BCUT2D eigenvalue weighted by atomic mass is 32.2. The van der Waals surface area contributed by atoms with Crippen LogP contribution in [-0.2, 0) is 14.6 Å². The molecular formula is C11H10FNO3S. The van der Waals surface area contributed by atoms with Crippen LogP contribution >= 0.6 is 0 Å². The van der Waals surface area contributed by atoms with Gasteiger partial charge in [-0.2, -0.15) is 0 Å². The second kappa shape index (κ2) is 3.29. The van der Waals surface area contributed by atoms with Gasteiger partial charge in [-0.25, -0.2) is 12.8 Å². The van der Waals surface area contributed by atoms with Crippen molar-refractivity contribution in [3.05, 3.63) is 30.1 Å². The minimum absolute atomic E-state index is 0.184. The van der Waals surface area contributed by atoms with E-state index in [2.05, 4.69) is 0 Å². The molecule has 0 aliphatic carbocycles. The molecule has 1 aromatic carbocycles. The SMILES string of the molecule is O=C1C2CC(CN1c1ccc(F)cc1)S2(=O)=O. The molecule has 2 atom stereocenters. The number of sulfone groups is 1. The summed E-state index contributed by atoms with van der Waals surface area (Å²) in [5.41, 5.74) is 0.556. The molecule has 2 bridgehead atoms. The van der Waals surface area contributed by atoms with Gasteiger partial charge in [0.05, 0.1) is 5.25 Å². The molecule has 17 heavy (non-hydrogen) atoms. The van der Waals surface area contributed by atoms with E-state index in [1.165, 1.54) is 29.2 Å². The number of carbonyl (C=O) groups is 1. The fourth-order valence-electron chi connectivity index (χ4n) is 2.36. The number of benzene rings is 1. The smallest absolute Gasteiger partial charge is 0.245 e. The molecule has 0 aromatic heterocycles. The van der Waals surface area contributed by atoms with Gasteiger partial charge < -0.3 is 4.90 Å². The molecule has 0 N–H and O–H groups in total. The van der Waals surface area contributed by atoms with Crippen LogP contribution in [0.15, 0.2) is 24.3 Å². The molecule has 3 heterocycles. The van der Waals surface area contributed by atoms with Gasteiger partial charge in [0.2, 0.25) is 5.91 Å². The summed E-state index contributed by atoms with van der Waals surface area (Å²) in [7, 11) is -3.23. The zero-order valence-corrected chi connectivity index (χ0v) is 9.65. The van der Waals surface area contributed by atoms with Gasteiger partial charge in [0.15, 0.2) is 9.84 Å². The molecule has 0 saturated carbocycles. The van der Waals surface area contributed by atoms with Gasteiger partial charge in [0.25, 0.3) is 0 Å². The van der Waals surface area contributed by atoms with Crippen LogP contribution in [0.25, 0.3) is 0 Å². The van der Waals surface area contributed by atoms with E-state index in [9.17, 15) is 17.6 Å². The van der Waals surface area contributed by atoms with Crippen molar-refractivity contribution in [2.75, 3.05) is 11.4 Å². The first kappa shape index (κ1) is 10.7. The third-order valence-electron chi connectivity index (χ3n) is 3.40. The summed E-state index contributed by atoms with van der Waals surface area (Å²) >= 11 is 0. The van der Waals surface area contributed by atoms with Crippen LogP contribution in [0.2, 0.25) is 0 Å². The largest absolute Gasteiger partial charge is 0.310 e. The Balaban J connectivity index is 1.93. The lowest BCUT2D eigenvalue weighted by molar-refractivity contribution is -0.119. The average Bonchev–Trinajstić information content (AvgIpc) is 2.30. The molecule has 3 fully saturated rings. The molecule has 1 aromatic rings. The predicted molar refractivity (Wildman–Crippen MR) is 59.9 cm³/mol. The number of hydrogen-bond acceptors (Lipinski definition) is 3. The van der Waals surface area contributed by atoms with Crippen molar-refractivity contribution in [2.24, 2.45) is 0 Å². The van der Waals surface area contributed by atoms with Gasteiger partial charge in [-0.15, -0.1) is 0 Å². The van der Waals surface area contributed by atoms with E-state index in [1.54, 1.807) is 0 Å². The molecule has 3 aliphatic rings. The van der Waals surface area contributed by atoms with E-state index >= 15 is 0 Å². The summed E-state index contributed by atoms with van der Waals surface area (Å²) in [4.78, 5) is 13.3. The van der Waals surface area contributed by atoms with E-state index < -0.39 is 20.3 Å². The van der Waals surface area contributed by atoms with Crippen LogP contribution in [-0.4, -0.2) is 31.4 Å². The van der Waals surface area contributed by atoms with Gasteiger partial charge >= 0.3 is 0 Å². The molecule has 3 saturated heterocycles. The first-order valence-corrected chi connectivity index (χ1v) is 6.91. The summed E-state index contributed by atoms with van der Waals surface area (Å²) in [6.07, 6.45) is 0.429. The highest BCUT2D eigenvalue weighted by Gasteiger charge is 2.57. The number of nitrogens with zero attached hydrogens (tertiary/aromatic N) is 1. The minimum atomic E-state index is -3.23. The number of fused-ring (bicyclic) bond motifs is 2. The van der Waals surface area contributed by atoms with Gasteiger partial charge in [-0.1, -0.05) is 0 Å². The summed E-state index contributed by atoms with van der Waals surface area (Å²) in [6, 6.07) is 5.50. The van der Waals surface area contributed by atoms with Crippen molar-refractivity contribution in [3.63, 3.8) is 0 Å². The van der Waals surface area contributed by atoms with Crippen molar-refractivity contribution < 1.29 is 17.6 Å². The Morgan fingerprint density at radius 1 is 1.24 bits per heavy atom. The van der Waals surface area contributed by atoms with Gasteiger partial charge in [0, 0.05) is 12.2 Å².